The number of pyridine rings is 1. The monoisotopic (exact) mass is 320 g/mol. The maximum Gasteiger partial charge on any atom is 0.338 e. The van der Waals surface area contributed by atoms with E-state index in [9.17, 15) is 9.59 Å². The van der Waals surface area contributed by atoms with Gasteiger partial charge in [-0.25, -0.2) is 4.79 Å². The van der Waals surface area contributed by atoms with Crippen LogP contribution in [0.5, 0.6) is 0 Å². The lowest BCUT2D eigenvalue weighted by Gasteiger charge is -2.11. The van der Waals surface area contributed by atoms with Gasteiger partial charge in [-0.3, -0.25) is 9.78 Å². The molecule has 0 aliphatic carbocycles. The number of benzene rings is 2. The molecule has 0 radical (unpaired) electrons. The zero-order valence-electron chi connectivity index (χ0n) is 13.4. The second-order valence-electron chi connectivity index (χ2n) is 5.38. The Morgan fingerprint density at radius 1 is 1.08 bits per heavy atom. The molecule has 5 heteroatoms. The lowest BCUT2D eigenvalue weighted by Crippen LogP contribution is -2.13. The predicted molar refractivity (Wildman–Crippen MR) is 92.2 cm³/mol. The van der Waals surface area contributed by atoms with Crippen LogP contribution in [0.1, 0.15) is 26.3 Å². The second kappa shape index (κ2) is 6.50. The van der Waals surface area contributed by atoms with Crippen molar-refractivity contribution in [2.45, 2.75) is 6.92 Å². The van der Waals surface area contributed by atoms with Crippen molar-refractivity contribution in [3.05, 3.63) is 71.4 Å². The Morgan fingerprint density at radius 2 is 1.92 bits per heavy atom. The Bertz CT molecular complexity index is 935. The highest BCUT2D eigenvalue weighted by Crippen LogP contribution is 2.26. The molecule has 0 spiro atoms. The molecule has 3 aromatic rings. The molecule has 1 heterocycles. The molecule has 1 amide bonds. The SMILES string of the molecule is COC(=O)c1ccc(NC(=O)c2cccc(C)c2)c2ncccc12. The van der Waals surface area contributed by atoms with E-state index in [4.69, 9.17) is 4.74 Å². The van der Waals surface area contributed by atoms with E-state index in [-0.39, 0.29) is 5.91 Å². The maximum absolute atomic E-state index is 12.5. The molecule has 3 rings (SSSR count). The summed E-state index contributed by atoms with van der Waals surface area (Å²) in [6.07, 6.45) is 1.62. The Kier molecular flexibility index (Phi) is 4.24. The minimum absolute atomic E-state index is 0.225. The van der Waals surface area contributed by atoms with Crippen LogP contribution >= 0.6 is 0 Å². The van der Waals surface area contributed by atoms with Gasteiger partial charge in [-0.05, 0) is 37.3 Å². The first-order chi connectivity index (χ1) is 11.6. The summed E-state index contributed by atoms with van der Waals surface area (Å²) in [4.78, 5) is 28.6. The van der Waals surface area contributed by atoms with E-state index in [1.54, 1.807) is 36.5 Å². The highest BCUT2D eigenvalue weighted by Gasteiger charge is 2.15. The van der Waals surface area contributed by atoms with Gasteiger partial charge >= 0.3 is 5.97 Å². The molecular formula is C19H16N2O3. The number of hydrogen-bond acceptors (Lipinski definition) is 4. The fraction of sp³-hybridized carbons (Fsp3) is 0.105. The van der Waals surface area contributed by atoms with E-state index in [0.29, 0.717) is 27.7 Å². The molecule has 5 nitrogen and oxygen atoms in total. The third-order valence-corrected chi connectivity index (χ3v) is 3.70. The largest absolute Gasteiger partial charge is 0.465 e. The van der Waals surface area contributed by atoms with Crippen LogP contribution in [0, 0.1) is 6.92 Å². The van der Waals surface area contributed by atoms with Gasteiger partial charge in [0.15, 0.2) is 0 Å². The normalized spacial score (nSPS) is 10.4. The zero-order valence-corrected chi connectivity index (χ0v) is 13.4. The number of nitrogens with zero attached hydrogens (tertiary/aromatic N) is 1. The number of esters is 1. The molecule has 0 atom stereocenters. The lowest BCUT2D eigenvalue weighted by atomic mass is 10.1. The second-order valence-corrected chi connectivity index (χ2v) is 5.38. The van der Waals surface area contributed by atoms with Crippen molar-refractivity contribution in [3.8, 4) is 0 Å². The molecule has 1 aromatic heterocycles. The molecule has 0 aliphatic heterocycles. The number of amides is 1. The average molecular weight is 320 g/mol. The number of anilines is 1. The Balaban J connectivity index is 2.02. The number of fused-ring (bicyclic) bond motifs is 1. The highest BCUT2D eigenvalue weighted by molar-refractivity contribution is 6.12. The Hall–Kier alpha value is -3.21. The van der Waals surface area contributed by atoms with Gasteiger partial charge in [0.1, 0.15) is 0 Å². The fourth-order valence-electron chi connectivity index (χ4n) is 2.54. The van der Waals surface area contributed by atoms with Crippen molar-refractivity contribution in [1.82, 2.24) is 4.98 Å². The minimum Gasteiger partial charge on any atom is -0.465 e. The number of aromatic nitrogens is 1. The van der Waals surface area contributed by atoms with E-state index in [2.05, 4.69) is 10.3 Å². The third-order valence-electron chi connectivity index (χ3n) is 3.70. The summed E-state index contributed by atoms with van der Waals surface area (Å²) in [6.45, 7) is 1.93. The maximum atomic E-state index is 12.5. The molecule has 2 aromatic carbocycles. The molecule has 1 N–H and O–H groups in total. The molecule has 0 unspecified atom stereocenters. The first-order valence-corrected chi connectivity index (χ1v) is 7.44. The summed E-state index contributed by atoms with van der Waals surface area (Å²) >= 11 is 0. The standard InChI is InChI=1S/C19H16N2O3/c1-12-5-3-6-13(11-12)18(22)21-16-9-8-15(19(23)24-2)14-7-4-10-20-17(14)16/h3-11H,1-2H3,(H,21,22). The highest BCUT2D eigenvalue weighted by atomic mass is 16.5. The molecule has 0 bridgehead atoms. The van der Waals surface area contributed by atoms with Crippen molar-refractivity contribution < 1.29 is 14.3 Å². The number of ether oxygens (including phenoxy) is 1. The molecule has 0 saturated heterocycles. The van der Waals surface area contributed by atoms with Crippen molar-refractivity contribution in [1.29, 1.82) is 0 Å². The van der Waals surface area contributed by atoms with E-state index in [1.165, 1.54) is 7.11 Å². The van der Waals surface area contributed by atoms with Crippen molar-refractivity contribution in [2.75, 3.05) is 12.4 Å². The number of hydrogen-bond donors (Lipinski definition) is 1. The number of rotatable bonds is 3. The number of methoxy groups -OCH3 is 1. The molecular weight excluding hydrogens is 304 g/mol. The first kappa shape index (κ1) is 15.7. The topological polar surface area (TPSA) is 68.3 Å². The third kappa shape index (κ3) is 2.96. The Labute approximate surface area is 139 Å². The molecule has 0 saturated carbocycles. The van der Waals surface area contributed by atoms with Crippen LogP contribution in [0.25, 0.3) is 10.9 Å². The minimum atomic E-state index is -0.440. The summed E-state index contributed by atoms with van der Waals surface area (Å²) in [6, 6.07) is 14.1. The summed E-state index contributed by atoms with van der Waals surface area (Å²) in [5, 5.41) is 3.49. The summed E-state index contributed by atoms with van der Waals surface area (Å²) < 4.78 is 4.79. The zero-order chi connectivity index (χ0) is 17.1. The van der Waals surface area contributed by atoms with E-state index < -0.39 is 5.97 Å². The molecule has 24 heavy (non-hydrogen) atoms. The summed E-state index contributed by atoms with van der Waals surface area (Å²) in [5.74, 6) is -0.666. The van der Waals surface area contributed by atoms with Gasteiger partial charge in [0.05, 0.1) is 23.9 Å². The van der Waals surface area contributed by atoms with Gasteiger partial charge < -0.3 is 10.1 Å². The van der Waals surface area contributed by atoms with Gasteiger partial charge in [-0.15, -0.1) is 0 Å². The number of aryl methyl sites for hydroxylation is 1. The van der Waals surface area contributed by atoms with E-state index in [1.807, 2.05) is 25.1 Å². The van der Waals surface area contributed by atoms with Gasteiger partial charge in [-0.1, -0.05) is 23.8 Å². The van der Waals surface area contributed by atoms with Crippen molar-refractivity contribution in [2.24, 2.45) is 0 Å². The van der Waals surface area contributed by atoms with Gasteiger partial charge in [0, 0.05) is 17.1 Å². The van der Waals surface area contributed by atoms with Crippen molar-refractivity contribution >= 4 is 28.5 Å². The summed E-state index contributed by atoms with van der Waals surface area (Å²) in [5.41, 5.74) is 3.07. The molecule has 120 valence electrons. The van der Waals surface area contributed by atoms with Crippen LogP contribution in [-0.4, -0.2) is 24.0 Å². The van der Waals surface area contributed by atoms with Crippen LogP contribution in [0.4, 0.5) is 5.69 Å². The fourth-order valence-corrected chi connectivity index (χ4v) is 2.54. The molecule has 0 aliphatic rings. The lowest BCUT2D eigenvalue weighted by molar-refractivity contribution is 0.0603. The van der Waals surface area contributed by atoms with Crippen LogP contribution in [0.3, 0.4) is 0 Å². The van der Waals surface area contributed by atoms with Crippen molar-refractivity contribution in [3.63, 3.8) is 0 Å². The van der Waals surface area contributed by atoms with Gasteiger partial charge in [-0.2, -0.15) is 0 Å². The van der Waals surface area contributed by atoms with E-state index in [0.717, 1.165) is 5.56 Å². The van der Waals surface area contributed by atoms with E-state index >= 15 is 0 Å². The summed E-state index contributed by atoms with van der Waals surface area (Å²) in [7, 11) is 1.33. The van der Waals surface area contributed by atoms with Crippen LogP contribution in [0.15, 0.2) is 54.7 Å². The predicted octanol–water partition coefficient (Wildman–Crippen LogP) is 3.58. The average Bonchev–Trinajstić information content (AvgIpc) is 2.61. The van der Waals surface area contributed by atoms with Crippen LogP contribution in [-0.2, 0) is 4.74 Å². The van der Waals surface area contributed by atoms with Gasteiger partial charge in [0.2, 0.25) is 0 Å². The molecule has 0 fully saturated rings. The first-order valence-electron chi connectivity index (χ1n) is 7.44. The quantitative estimate of drug-likeness (QED) is 0.749. The number of carbonyl (C=O) groups excluding carboxylic acids is 2. The Morgan fingerprint density at radius 3 is 2.67 bits per heavy atom. The van der Waals surface area contributed by atoms with Crippen LogP contribution < -0.4 is 5.32 Å². The number of nitrogens with one attached hydrogen (secondary N) is 1. The van der Waals surface area contributed by atoms with Gasteiger partial charge in [0.25, 0.3) is 5.91 Å². The smallest absolute Gasteiger partial charge is 0.338 e. The number of carbonyl (C=O) groups is 2. The van der Waals surface area contributed by atoms with Crippen LogP contribution in [0.2, 0.25) is 0 Å².